The Morgan fingerprint density at radius 2 is 1.97 bits per heavy atom. The van der Waals surface area contributed by atoms with Crippen LogP contribution >= 0.6 is 0 Å². The third-order valence-corrected chi connectivity index (χ3v) is 7.04. The van der Waals surface area contributed by atoms with Crippen molar-refractivity contribution in [2.24, 2.45) is 11.7 Å². The van der Waals surface area contributed by atoms with Gasteiger partial charge in [0.05, 0.1) is 12.6 Å². The van der Waals surface area contributed by atoms with E-state index < -0.39 is 12.0 Å². The van der Waals surface area contributed by atoms with Crippen LogP contribution in [0.4, 0.5) is 0 Å². The topological polar surface area (TPSA) is 131 Å². The summed E-state index contributed by atoms with van der Waals surface area (Å²) in [6.07, 6.45) is 9.00. The van der Waals surface area contributed by atoms with Crippen molar-refractivity contribution in [2.75, 3.05) is 19.7 Å². The van der Waals surface area contributed by atoms with E-state index in [-0.39, 0.29) is 11.3 Å². The van der Waals surface area contributed by atoms with Gasteiger partial charge in [-0.2, -0.15) is 0 Å². The lowest BCUT2D eigenvalue weighted by Gasteiger charge is -2.24. The SMILES string of the molecule is NCCNC(c1ccnc(OCC2CCCCC2)c1)c1c(O)c2ccccc2c2occ(C(=O)O)c12. The Balaban J connectivity index is 1.62. The van der Waals surface area contributed by atoms with Gasteiger partial charge in [0.25, 0.3) is 0 Å². The summed E-state index contributed by atoms with van der Waals surface area (Å²) in [5, 5.41) is 26.4. The Hall–Kier alpha value is -3.62. The van der Waals surface area contributed by atoms with Crippen molar-refractivity contribution in [2.45, 2.75) is 38.1 Å². The number of aromatic nitrogens is 1. The fourth-order valence-electron chi connectivity index (χ4n) is 5.27. The number of fused-ring (bicyclic) bond motifs is 3. The average Bonchev–Trinajstić information content (AvgIpc) is 3.36. The van der Waals surface area contributed by atoms with Gasteiger partial charge < -0.3 is 30.4 Å². The van der Waals surface area contributed by atoms with E-state index in [1.807, 2.05) is 30.3 Å². The lowest BCUT2D eigenvalue weighted by molar-refractivity contribution is 0.0698. The Bertz CT molecular complexity index is 1380. The van der Waals surface area contributed by atoms with Crippen molar-refractivity contribution in [1.29, 1.82) is 0 Å². The highest BCUT2D eigenvalue weighted by Gasteiger charge is 2.29. The van der Waals surface area contributed by atoms with Gasteiger partial charge in [0.2, 0.25) is 5.88 Å². The number of phenols is 1. The number of carboxylic acid groups (broad SMARTS) is 1. The number of benzene rings is 2. The van der Waals surface area contributed by atoms with E-state index >= 15 is 0 Å². The molecule has 1 aliphatic carbocycles. The highest BCUT2D eigenvalue weighted by atomic mass is 16.5. The first-order valence-electron chi connectivity index (χ1n) is 12.5. The second-order valence-corrected chi connectivity index (χ2v) is 9.38. The number of carbonyl (C=O) groups is 1. The minimum absolute atomic E-state index is 0.00184. The van der Waals surface area contributed by atoms with Crippen molar-refractivity contribution in [3.05, 3.63) is 65.5 Å². The summed E-state index contributed by atoms with van der Waals surface area (Å²) in [4.78, 5) is 16.5. The zero-order chi connectivity index (χ0) is 25.1. The molecule has 4 aromatic rings. The molecule has 5 rings (SSSR count). The molecule has 36 heavy (non-hydrogen) atoms. The number of pyridine rings is 1. The number of nitrogens with zero attached hydrogens (tertiary/aromatic N) is 1. The summed E-state index contributed by atoms with van der Waals surface area (Å²) in [7, 11) is 0. The maximum absolute atomic E-state index is 12.1. The monoisotopic (exact) mass is 489 g/mol. The number of nitrogens with one attached hydrogen (secondary N) is 1. The van der Waals surface area contributed by atoms with Crippen LogP contribution in [0.1, 0.15) is 59.6 Å². The van der Waals surface area contributed by atoms with Gasteiger partial charge in [0, 0.05) is 47.1 Å². The number of ether oxygens (including phenoxy) is 1. The van der Waals surface area contributed by atoms with Gasteiger partial charge in [0.1, 0.15) is 23.2 Å². The third kappa shape index (κ3) is 4.62. The Morgan fingerprint density at radius 1 is 1.19 bits per heavy atom. The number of aromatic carboxylic acids is 1. The van der Waals surface area contributed by atoms with Crippen molar-refractivity contribution in [3.63, 3.8) is 0 Å². The second-order valence-electron chi connectivity index (χ2n) is 9.38. The smallest absolute Gasteiger partial charge is 0.339 e. The van der Waals surface area contributed by atoms with Gasteiger partial charge in [-0.05, 0) is 30.4 Å². The number of nitrogens with two attached hydrogens (primary N) is 1. The van der Waals surface area contributed by atoms with Crippen LogP contribution in [0.3, 0.4) is 0 Å². The van der Waals surface area contributed by atoms with Gasteiger partial charge in [-0.1, -0.05) is 43.5 Å². The molecular formula is C28H31N3O5. The minimum atomic E-state index is -1.13. The molecule has 1 fully saturated rings. The molecule has 2 aromatic carbocycles. The summed E-state index contributed by atoms with van der Waals surface area (Å²) >= 11 is 0. The molecule has 0 aliphatic heterocycles. The van der Waals surface area contributed by atoms with Gasteiger partial charge in [0.15, 0.2) is 0 Å². The normalized spacial score (nSPS) is 15.4. The van der Waals surface area contributed by atoms with Crippen LogP contribution in [0.2, 0.25) is 0 Å². The Morgan fingerprint density at radius 3 is 2.72 bits per heavy atom. The number of carboxylic acids is 1. The van der Waals surface area contributed by atoms with Gasteiger partial charge in [-0.25, -0.2) is 9.78 Å². The maximum Gasteiger partial charge on any atom is 0.339 e. The van der Waals surface area contributed by atoms with E-state index in [2.05, 4.69) is 10.3 Å². The van der Waals surface area contributed by atoms with E-state index in [1.54, 1.807) is 12.3 Å². The Labute approximate surface area is 209 Å². The molecular weight excluding hydrogens is 458 g/mol. The first-order valence-corrected chi connectivity index (χ1v) is 12.5. The summed E-state index contributed by atoms with van der Waals surface area (Å²) < 4.78 is 11.8. The van der Waals surface area contributed by atoms with Gasteiger partial charge >= 0.3 is 5.97 Å². The van der Waals surface area contributed by atoms with Crippen molar-refractivity contribution in [3.8, 4) is 11.6 Å². The van der Waals surface area contributed by atoms with E-state index in [1.165, 1.54) is 38.4 Å². The van der Waals surface area contributed by atoms with Crippen LogP contribution in [0.25, 0.3) is 21.7 Å². The predicted molar refractivity (Wildman–Crippen MR) is 138 cm³/mol. The highest BCUT2D eigenvalue weighted by Crippen LogP contribution is 2.44. The molecule has 2 aromatic heterocycles. The molecule has 1 saturated carbocycles. The first kappa shape index (κ1) is 24.1. The summed E-state index contributed by atoms with van der Waals surface area (Å²) in [5.41, 5.74) is 7.43. The van der Waals surface area contributed by atoms with Crippen LogP contribution in [-0.4, -0.2) is 40.9 Å². The fraction of sp³-hybridized carbons (Fsp3) is 0.357. The quantitative estimate of drug-likeness (QED) is 0.259. The van der Waals surface area contributed by atoms with Crippen LogP contribution in [0.15, 0.2) is 53.3 Å². The zero-order valence-corrected chi connectivity index (χ0v) is 20.1. The molecule has 0 amide bonds. The largest absolute Gasteiger partial charge is 0.507 e. The molecule has 1 atom stereocenters. The van der Waals surface area contributed by atoms with E-state index in [9.17, 15) is 15.0 Å². The number of aromatic hydroxyl groups is 1. The predicted octanol–water partition coefficient (Wildman–Crippen LogP) is 4.98. The number of phenolic OH excluding ortho intramolecular Hbond substituents is 1. The molecule has 8 heteroatoms. The standard InChI is InChI=1S/C28H31N3O5/c29-11-13-31-25(18-10-12-30-22(14-18)35-15-17-6-2-1-3-7-17)24-23-21(28(33)34)16-36-27(23)20-9-5-4-8-19(20)26(24)32/h4-5,8-10,12,14,16-17,25,31-32H,1-3,6-7,11,13,15,29H2,(H,33,34). The summed E-state index contributed by atoms with van der Waals surface area (Å²) in [6.45, 7) is 1.42. The molecule has 0 spiro atoms. The van der Waals surface area contributed by atoms with Gasteiger partial charge in [-0.3, -0.25) is 0 Å². The van der Waals surface area contributed by atoms with Crippen molar-refractivity contribution >= 4 is 27.7 Å². The molecule has 188 valence electrons. The number of hydrogen-bond acceptors (Lipinski definition) is 7. The molecule has 2 heterocycles. The number of furan rings is 1. The van der Waals surface area contributed by atoms with Crippen LogP contribution < -0.4 is 15.8 Å². The molecule has 0 saturated heterocycles. The maximum atomic E-state index is 12.1. The average molecular weight is 490 g/mol. The lowest BCUT2D eigenvalue weighted by Crippen LogP contribution is -2.28. The zero-order valence-electron chi connectivity index (χ0n) is 20.1. The fourth-order valence-corrected chi connectivity index (χ4v) is 5.27. The molecule has 5 N–H and O–H groups in total. The molecule has 0 bridgehead atoms. The number of rotatable bonds is 9. The van der Waals surface area contributed by atoms with Crippen molar-refractivity contribution < 1.29 is 24.2 Å². The van der Waals surface area contributed by atoms with Crippen LogP contribution in [0, 0.1) is 5.92 Å². The van der Waals surface area contributed by atoms with E-state index in [0.29, 0.717) is 58.8 Å². The molecule has 0 radical (unpaired) electrons. The van der Waals surface area contributed by atoms with Crippen LogP contribution in [-0.2, 0) is 0 Å². The summed E-state index contributed by atoms with van der Waals surface area (Å²) in [5.74, 6) is -0.102. The lowest BCUT2D eigenvalue weighted by atomic mass is 9.90. The molecule has 8 nitrogen and oxygen atoms in total. The van der Waals surface area contributed by atoms with Crippen molar-refractivity contribution in [1.82, 2.24) is 10.3 Å². The Kier molecular flexibility index (Phi) is 7.06. The summed E-state index contributed by atoms with van der Waals surface area (Å²) in [6, 6.07) is 10.4. The molecule has 1 unspecified atom stereocenters. The highest BCUT2D eigenvalue weighted by molar-refractivity contribution is 6.15. The van der Waals surface area contributed by atoms with E-state index in [4.69, 9.17) is 14.9 Å². The second kappa shape index (κ2) is 10.6. The molecule has 1 aliphatic rings. The number of hydrogen-bond donors (Lipinski definition) is 4. The first-order chi connectivity index (χ1) is 17.6. The third-order valence-electron chi connectivity index (χ3n) is 7.04. The van der Waals surface area contributed by atoms with E-state index in [0.717, 1.165) is 5.56 Å². The van der Waals surface area contributed by atoms with Crippen LogP contribution in [0.5, 0.6) is 11.6 Å². The minimum Gasteiger partial charge on any atom is -0.507 e. The van der Waals surface area contributed by atoms with Gasteiger partial charge in [-0.15, -0.1) is 0 Å².